The molecule has 2 aromatic carbocycles. The predicted octanol–water partition coefficient (Wildman–Crippen LogP) is 5.33. The molecule has 0 N–H and O–H groups in total. The van der Waals surface area contributed by atoms with Crippen LogP contribution in [0.5, 0.6) is 0 Å². The molecule has 0 aromatic heterocycles. The van der Waals surface area contributed by atoms with Crippen molar-refractivity contribution < 1.29 is 14.3 Å². The third kappa shape index (κ3) is 4.28. The van der Waals surface area contributed by atoms with E-state index in [1.807, 2.05) is 58.0 Å². The molecule has 1 fully saturated rings. The molecule has 5 nitrogen and oxygen atoms in total. The van der Waals surface area contributed by atoms with Crippen molar-refractivity contribution >= 4 is 23.8 Å². The minimum atomic E-state index is -1.04. The molecule has 0 aliphatic heterocycles. The Kier molecular flexibility index (Phi) is 6.07. The first-order chi connectivity index (χ1) is 14.3. The van der Waals surface area contributed by atoms with Crippen molar-refractivity contribution in [3.63, 3.8) is 0 Å². The Morgan fingerprint density at radius 2 is 1.80 bits per heavy atom. The van der Waals surface area contributed by atoms with Crippen LogP contribution in [0.3, 0.4) is 0 Å². The van der Waals surface area contributed by atoms with Crippen molar-refractivity contribution in [3.05, 3.63) is 71.8 Å². The number of ether oxygens (including phenoxy) is 1. The number of carbonyl (C=O) groups is 2. The molecule has 3 atom stereocenters. The van der Waals surface area contributed by atoms with Gasteiger partial charge in [0.15, 0.2) is 0 Å². The number of anilines is 2. The quantitative estimate of drug-likeness (QED) is 0.357. The number of nitriles is 1. The minimum Gasteiger partial charge on any atom is -0.442 e. The number of hydrogen-bond donors (Lipinski definition) is 0. The maximum absolute atomic E-state index is 12.8. The van der Waals surface area contributed by atoms with Crippen molar-refractivity contribution in [3.8, 4) is 6.07 Å². The van der Waals surface area contributed by atoms with Gasteiger partial charge in [0.2, 0.25) is 12.5 Å². The van der Waals surface area contributed by atoms with Crippen molar-refractivity contribution in [2.75, 3.05) is 4.90 Å². The van der Waals surface area contributed by atoms with E-state index in [2.05, 4.69) is 12.1 Å². The summed E-state index contributed by atoms with van der Waals surface area (Å²) >= 11 is 0. The predicted molar refractivity (Wildman–Crippen MR) is 116 cm³/mol. The zero-order valence-electron chi connectivity index (χ0n) is 17.7. The lowest BCUT2D eigenvalue weighted by Gasteiger charge is -2.19. The highest BCUT2D eigenvalue weighted by atomic mass is 16.5. The first-order valence-electron chi connectivity index (χ1n) is 9.94. The van der Waals surface area contributed by atoms with Gasteiger partial charge in [0, 0.05) is 16.9 Å². The molecule has 0 heterocycles. The number of allylic oxidation sites excluding steroid dienone is 2. The molecule has 1 aliphatic carbocycles. The molecule has 1 aliphatic rings. The fourth-order valence-electron chi connectivity index (χ4n) is 3.85. The van der Waals surface area contributed by atoms with Gasteiger partial charge in [-0.2, -0.15) is 5.26 Å². The average molecular weight is 402 g/mol. The number of nitrogens with zero attached hydrogens (tertiary/aromatic N) is 2. The van der Waals surface area contributed by atoms with Gasteiger partial charge in [-0.05, 0) is 49.4 Å². The van der Waals surface area contributed by atoms with E-state index in [1.54, 1.807) is 24.3 Å². The van der Waals surface area contributed by atoms with Crippen LogP contribution in [-0.2, 0) is 14.3 Å². The highest BCUT2D eigenvalue weighted by Crippen LogP contribution is 2.60. The lowest BCUT2D eigenvalue weighted by atomic mass is 10.1. The van der Waals surface area contributed by atoms with Crippen LogP contribution < -0.4 is 4.90 Å². The van der Waals surface area contributed by atoms with Crippen LogP contribution in [0.15, 0.2) is 66.2 Å². The van der Waals surface area contributed by atoms with E-state index in [0.717, 1.165) is 12.0 Å². The Morgan fingerprint density at radius 1 is 1.13 bits per heavy atom. The highest BCUT2D eigenvalue weighted by Gasteiger charge is 2.61. The van der Waals surface area contributed by atoms with E-state index in [0.29, 0.717) is 16.9 Å². The molecule has 3 unspecified atom stereocenters. The molecule has 0 radical (unpaired) electrons. The van der Waals surface area contributed by atoms with E-state index >= 15 is 0 Å². The lowest BCUT2D eigenvalue weighted by molar-refractivity contribution is -0.149. The van der Waals surface area contributed by atoms with Gasteiger partial charge < -0.3 is 4.74 Å². The fraction of sp³-hybridized carbons (Fsp3) is 0.320. The molecule has 1 amide bonds. The second-order valence-corrected chi connectivity index (χ2v) is 8.42. The second-order valence-electron chi connectivity index (χ2n) is 8.42. The van der Waals surface area contributed by atoms with E-state index in [4.69, 9.17) is 4.74 Å². The van der Waals surface area contributed by atoms with Crippen LogP contribution in [0, 0.1) is 28.6 Å². The zero-order valence-corrected chi connectivity index (χ0v) is 17.7. The molecule has 0 spiro atoms. The Morgan fingerprint density at radius 3 is 2.40 bits per heavy atom. The number of rotatable bonds is 7. The van der Waals surface area contributed by atoms with Crippen LogP contribution >= 0.6 is 0 Å². The first kappa shape index (κ1) is 21.3. The van der Waals surface area contributed by atoms with Gasteiger partial charge in [0.25, 0.3) is 0 Å². The number of para-hydroxylation sites is 1. The summed E-state index contributed by atoms with van der Waals surface area (Å²) in [7, 11) is 0. The Bertz CT molecular complexity index is 1000. The number of benzene rings is 2. The summed E-state index contributed by atoms with van der Waals surface area (Å²) in [6.07, 6.45) is 1.78. The van der Waals surface area contributed by atoms with Crippen molar-refractivity contribution in [2.45, 2.75) is 33.8 Å². The zero-order chi connectivity index (χ0) is 21.9. The Balaban J connectivity index is 1.80. The van der Waals surface area contributed by atoms with Crippen molar-refractivity contribution in [2.24, 2.45) is 17.3 Å². The molecule has 0 saturated heterocycles. The molecular weight excluding hydrogens is 376 g/mol. The summed E-state index contributed by atoms with van der Waals surface area (Å²) in [4.78, 5) is 26.0. The monoisotopic (exact) mass is 402 g/mol. The van der Waals surface area contributed by atoms with Crippen LogP contribution in [0.2, 0.25) is 0 Å². The van der Waals surface area contributed by atoms with E-state index in [-0.39, 0.29) is 23.2 Å². The molecule has 0 bridgehead atoms. The average Bonchev–Trinajstić information content (AvgIpc) is 3.26. The smallest absolute Gasteiger partial charge is 0.311 e. The summed E-state index contributed by atoms with van der Waals surface area (Å²) in [5, 5.41) is 9.65. The Hall–Kier alpha value is -3.39. The summed E-state index contributed by atoms with van der Waals surface area (Å²) in [5.74, 6) is -0.513. The molecule has 154 valence electrons. The third-order valence-corrected chi connectivity index (χ3v) is 5.62. The minimum absolute atomic E-state index is 0.115. The number of carbonyl (C=O) groups excluding carboxylic acids is 2. The summed E-state index contributed by atoms with van der Waals surface area (Å²) in [5.41, 5.74) is 2.81. The lowest BCUT2D eigenvalue weighted by Crippen LogP contribution is -2.16. The second kappa shape index (κ2) is 8.54. The van der Waals surface area contributed by atoms with Gasteiger partial charge in [-0.25, -0.2) is 0 Å². The number of hydrogen-bond acceptors (Lipinski definition) is 4. The van der Waals surface area contributed by atoms with Gasteiger partial charge >= 0.3 is 5.97 Å². The van der Waals surface area contributed by atoms with Crippen LogP contribution in [-0.4, -0.2) is 12.4 Å². The van der Waals surface area contributed by atoms with Crippen molar-refractivity contribution in [1.82, 2.24) is 0 Å². The summed E-state index contributed by atoms with van der Waals surface area (Å²) in [6.45, 7) is 8.08. The maximum atomic E-state index is 12.8. The van der Waals surface area contributed by atoms with E-state index in [9.17, 15) is 14.9 Å². The molecule has 1 saturated carbocycles. The van der Waals surface area contributed by atoms with Gasteiger partial charge in [-0.1, -0.05) is 55.8 Å². The summed E-state index contributed by atoms with van der Waals surface area (Å²) in [6, 6.07) is 18.2. The van der Waals surface area contributed by atoms with Gasteiger partial charge in [-0.3, -0.25) is 14.5 Å². The van der Waals surface area contributed by atoms with Gasteiger partial charge in [-0.15, -0.1) is 0 Å². The third-order valence-electron chi connectivity index (χ3n) is 5.62. The van der Waals surface area contributed by atoms with Crippen LogP contribution in [0.4, 0.5) is 11.4 Å². The first-order valence-corrected chi connectivity index (χ1v) is 9.94. The molecule has 2 aromatic rings. The fourth-order valence-corrected chi connectivity index (χ4v) is 3.85. The summed E-state index contributed by atoms with van der Waals surface area (Å²) < 4.78 is 5.60. The molecular formula is C25H26N2O3. The van der Waals surface area contributed by atoms with E-state index < -0.39 is 6.10 Å². The maximum Gasteiger partial charge on any atom is 0.311 e. The van der Waals surface area contributed by atoms with Crippen LogP contribution in [0.1, 0.15) is 39.4 Å². The van der Waals surface area contributed by atoms with Crippen LogP contribution in [0.25, 0.3) is 0 Å². The highest BCUT2D eigenvalue weighted by molar-refractivity contribution is 5.86. The molecule has 5 heteroatoms. The Labute approximate surface area is 177 Å². The van der Waals surface area contributed by atoms with Gasteiger partial charge in [0.05, 0.1) is 5.92 Å². The van der Waals surface area contributed by atoms with Crippen molar-refractivity contribution in [1.29, 1.82) is 5.26 Å². The topological polar surface area (TPSA) is 70.4 Å². The number of esters is 1. The normalized spacial score (nSPS) is 19.7. The van der Waals surface area contributed by atoms with Gasteiger partial charge in [0.1, 0.15) is 6.07 Å². The standard InChI is InChI=1S/C25H26N2O3/c1-17(2)13-21-23(25(21,3)4)24(29)30-22(15-26)18-9-8-12-20(14-18)27(16-28)19-10-6-5-7-11-19/h5-14,16,21-23H,1-4H3. The van der Waals surface area contributed by atoms with E-state index in [1.165, 1.54) is 4.90 Å². The largest absolute Gasteiger partial charge is 0.442 e. The SMILES string of the molecule is CC(C)=CC1C(C(=O)OC(C#N)c2cccc(N(C=O)c3ccccc3)c2)C1(C)C. The molecule has 3 rings (SSSR count). The number of amides is 1. The molecule has 30 heavy (non-hydrogen) atoms.